The van der Waals surface area contributed by atoms with Crippen molar-refractivity contribution in [2.45, 2.75) is 186 Å². The van der Waals surface area contributed by atoms with Crippen molar-refractivity contribution in [3.63, 3.8) is 0 Å². The van der Waals surface area contributed by atoms with Crippen LogP contribution in [0.3, 0.4) is 0 Å². The van der Waals surface area contributed by atoms with Crippen LogP contribution in [-0.4, -0.2) is 240 Å². The highest BCUT2D eigenvalue weighted by Crippen LogP contribution is 2.69. The maximum atomic E-state index is 12.9. The second-order valence-corrected chi connectivity index (χ2v) is 32.1. The van der Waals surface area contributed by atoms with E-state index < -0.39 is 70.4 Å². The number of anilines is 2. The molecule has 14 rings (SSSR count). The van der Waals surface area contributed by atoms with Gasteiger partial charge in [0.1, 0.15) is 55.1 Å². The second-order valence-electron chi connectivity index (χ2n) is 32.1. The first kappa shape index (κ1) is 84.5. The number of nitrogens with zero attached hydrogens (tertiary/aromatic N) is 12. The van der Waals surface area contributed by atoms with Crippen LogP contribution in [0, 0.1) is 34.5 Å². The van der Waals surface area contributed by atoms with Crippen molar-refractivity contribution in [3.8, 4) is 11.5 Å². The molecule has 10 heterocycles. The largest absolute Gasteiger partial charge is 0.497 e. The summed E-state index contributed by atoms with van der Waals surface area (Å²) in [7, 11) is 7.23. The molecule has 12 atom stereocenters. The van der Waals surface area contributed by atoms with Gasteiger partial charge < -0.3 is 70.9 Å². The van der Waals surface area contributed by atoms with E-state index in [0.717, 1.165) is 106 Å². The number of aliphatic hydroxyl groups excluding tert-OH is 2. The lowest BCUT2D eigenvalue weighted by atomic mass is 9.48. The van der Waals surface area contributed by atoms with Gasteiger partial charge >= 0.3 is 30.2 Å². The van der Waals surface area contributed by atoms with Crippen molar-refractivity contribution in [1.82, 2.24) is 64.0 Å². The highest BCUT2D eigenvalue weighted by molar-refractivity contribution is 5.79. The summed E-state index contributed by atoms with van der Waals surface area (Å²) >= 11 is 0. The Hall–Kier alpha value is -8.97. The van der Waals surface area contributed by atoms with Crippen LogP contribution in [0.2, 0.25) is 0 Å². The van der Waals surface area contributed by atoms with E-state index in [1.807, 2.05) is 38.4 Å². The predicted molar refractivity (Wildman–Crippen MR) is 429 cm³/mol. The summed E-state index contributed by atoms with van der Waals surface area (Å²) < 4.78 is 38.5. The quantitative estimate of drug-likeness (QED) is 0.0276. The van der Waals surface area contributed by atoms with Crippen LogP contribution in [-0.2, 0) is 25.1 Å². The number of imidazole rings is 4. The van der Waals surface area contributed by atoms with Gasteiger partial charge in [-0.05, 0) is 118 Å². The van der Waals surface area contributed by atoms with Crippen LogP contribution in [0.4, 0.5) is 30.6 Å². The van der Waals surface area contributed by atoms with E-state index in [-0.39, 0.29) is 43.6 Å². The first-order valence-corrected chi connectivity index (χ1v) is 39.2. The van der Waals surface area contributed by atoms with Gasteiger partial charge in [0.25, 0.3) is 0 Å². The molecule has 9 N–H and O–H groups in total. The fourth-order valence-electron chi connectivity index (χ4n) is 18.7. The summed E-state index contributed by atoms with van der Waals surface area (Å²) in [5.74, 6) is 3.48. The maximum Gasteiger partial charge on any atom is 0.407 e. The number of alkyl carbamates (subject to hydrolysis) is 1. The molecule has 8 aliphatic rings. The summed E-state index contributed by atoms with van der Waals surface area (Å²) in [6, 6.07) is 11.0. The number of methoxy groups -OCH3 is 2. The van der Waals surface area contributed by atoms with Gasteiger partial charge in [-0.25, -0.2) is 39.1 Å². The second kappa shape index (κ2) is 37.1. The number of hydrogen-bond acceptors (Lipinski definition) is 22. The van der Waals surface area contributed by atoms with Crippen molar-refractivity contribution >= 4 is 41.5 Å². The number of hydrogen-bond donors (Lipinski definition) is 8. The van der Waals surface area contributed by atoms with E-state index in [2.05, 4.69) is 161 Å². The van der Waals surface area contributed by atoms with Gasteiger partial charge in [0.15, 0.2) is 5.60 Å². The molecule has 29 nitrogen and oxygen atoms in total. The Labute approximate surface area is 658 Å². The number of rotatable bonds is 19. The highest BCUT2D eigenvalue weighted by atomic mass is 16.6. The number of benzene rings is 2. The van der Waals surface area contributed by atoms with E-state index >= 15 is 0 Å². The van der Waals surface area contributed by atoms with Crippen molar-refractivity contribution in [2.24, 2.45) is 40.2 Å². The third-order valence-corrected chi connectivity index (χ3v) is 23.5. The molecule has 111 heavy (non-hydrogen) atoms. The zero-order valence-corrected chi connectivity index (χ0v) is 67.6. The van der Waals surface area contributed by atoms with Crippen LogP contribution in [0.25, 0.3) is 0 Å². The first-order chi connectivity index (χ1) is 54.0. The standard InChI is InChI=1S/C30H43N3O6.C22H30N2O4.2C9H15N3O.C7H6N4O.C5H13N.2H2/c1-7-28-12-8-15-33-16-13-29(24(28)33)22-10-9-21(37-6)17-23(22)32(5)25(29)30(36,26(28)39-20(4)34)18-38-27(35)31-14-11-19(2)3;1-4-20-8-5-10-24-11-9-21(17(20)24)15-7-6-14(28-3)12-16(15)23(2)18(21)22(27,13-25)19(20)26;2*1-8(2)3-4-11-9(13)12-6-5-10-7-12;12-7(10-3-1-8-5-10)11-4-2-9-6-11;1-5(2)3-4-6;;/h8-10,12,17,19,24-26,36H,7,11,13-16,18H2,1-6H3,(H,31,35);5-8,12,17-19,25-27H,4,9-11,13H2,1-3H3;2*5-8H,3-4H2,1-2H3,(H,11,13);1-6H;5H,3-4,6H2,1-2H3;2*1H/t24-,25+,26+,28+,29+,30-;17-,18+,19+,20+,21+,22-;;;;;;/m00....../s1/i;;;;;;1+1D;1+1. The number of likely N-dealkylation sites (N-methyl/N-ethyl adjacent to an activating group) is 2. The zero-order valence-electron chi connectivity index (χ0n) is 69.6. The monoisotopic (exact) mass is 1550 g/mol. The number of nitrogens with two attached hydrogens (primary N) is 1. The topological polar surface area (TPSA) is 350 Å². The lowest BCUT2D eigenvalue weighted by molar-refractivity contribution is -0.228. The Morgan fingerprint density at radius 2 is 1.00 bits per heavy atom. The van der Waals surface area contributed by atoms with Crippen molar-refractivity contribution in [1.29, 1.82) is 0 Å². The highest BCUT2D eigenvalue weighted by Gasteiger charge is 2.79. The van der Waals surface area contributed by atoms with E-state index in [1.165, 1.54) is 56.1 Å². The minimum atomic E-state index is -1.69. The normalized spacial score (nSPS) is 27.2. The minimum Gasteiger partial charge on any atom is -0.497 e. The van der Waals surface area contributed by atoms with Crippen molar-refractivity contribution in [3.05, 3.63) is 147 Å². The average molecular weight is 1550 g/mol. The molecule has 2 saturated heterocycles. The number of carbonyl (C=O) groups excluding carboxylic acids is 5. The number of ether oxygens (including phenoxy) is 4. The lowest BCUT2D eigenvalue weighted by Gasteiger charge is -2.64. The SMILES string of the molecule is CC(C)CCN.CC(C)CCNC(=O)n1ccnc1.CC(C)CCNC(=O)n1ccnc1.CC[C@]12C=CCN3CC[C@@]4(c5ccc(OC)cc5N(C)[C@H]4[C@@](O)(CO)[C@@H]1O)[C@@H]32.CC[C@]12C=CCN3CC[C@@]4(c5ccc(OC)cc5N(C)[C@H]4[C@@](O)(COC(=O)NCCC(C)C)[C@@H]1OC(C)=O)[C@@H]32.O=C(n1ccnc1)n1ccnc1.[2HH].[2H][2H]. The molecule has 4 fully saturated rings. The minimum absolute atomic E-state index is 0. The molecular weight excluding hydrogens is 1420 g/mol. The van der Waals surface area contributed by atoms with Gasteiger partial charge in [0.05, 0.1) is 39.0 Å². The van der Waals surface area contributed by atoms with Crippen LogP contribution >= 0.6 is 0 Å². The summed E-state index contributed by atoms with van der Waals surface area (Å²) in [4.78, 5) is 83.6. The molecular formula is C82H126N16O13. The van der Waals surface area contributed by atoms with Gasteiger partial charge in [-0.2, -0.15) is 0 Å². The lowest BCUT2D eigenvalue weighted by Crippen LogP contribution is -2.80. The Kier molecular flexibility index (Phi) is 28.2. The maximum absolute atomic E-state index is 12.9. The molecule has 0 bridgehead atoms. The molecule has 2 aliphatic carbocycles. The van der Waals surface area contributed by atoms with Crippen LogP contribution in [0.5, 0.6) is 11.5 Å². The molecule has 0 unspecified atom stereocenters. The average Bonchev–Trinajstić information content (AvgIpc) is 1.48. The predicted octanol–water partition coefficient (Wildman–Crippen LogP) is 9.18. The zero-order chi connectivity index (χ0) is 82.8. The summed E-state index contributed by atoms with van der Waals surface area (Å²) in [6.07, 6.45) is 31.6. The van der Waals surface area contributed by atoms with Crippen LogP contribution in [0.1, 0.15) is 143 Å². The molecule has 2 aromatic carbocycles. The third kappa shape index (κ3) is 17.3. The molecule has 2 saturated carbocycles. The van der Waals surface area contributed by atoms with Crippen LogP contribution in [0.15, 0.2) is 136 Å². The molecule has 6 aromatic rings. The number of fused-ring (bicyclic) bond motifs is 2. The smallest absolute Gasteiger partial charge is 0.407 e. The molecule has 3 amide bonds. The fourth-order valence-corrected chi connectivity index (χ4v) is 18.7. The Morgan fingerprint density at radius 1 is 0.595 bits per heavy atom. The summed E-state index contributed by atoms with van der Waals surface area (Å²) in [6.45, 7) is 28.0. The summed E-state index contributed by atoms with van der Waals surface area (Å²) in [5.41, 5.74) is 4.17. The van der Waals surface area contributed by atoms with Gasteiger partial charge in [0.2, 0.25) is 0 Å². The van der Waals surface area contributed by atoms with E-state index in [1.54, 1.807) is 63.8 Å². The van der Waals surface area contributed by atoms with Crippen molar-refractivity contribution in [2.75, 3.05) is 104 Å². The van der Waals surface area contributed by atoms with Crippen LogP contribution < -0.4 is 41.0 Å². The molecule has 612 valence electrons. The first-order valence-electron chi connectivity index (χ1n) is 40.2. The summed E-state index contributed by atoms with van der Waals surface area (Å²) in [5, 5.41) is 55.1. The molecule has 2 spiro atoms. The van der Waals surface area contributed by atoms with E-state index in [9.17, 15) is 44.4 Å². The van der Waals surface area contributed by atoms with Crippen molar-refractivity contribution < 1.29 is 67.7 Å². The molecule has 29 heteroatoms. The van der Waals surface area contributed by atoms with Gasteiger partial charge in [0, 0.05) is 165 Å². The van der Waals surface area contributed by atoms with Gasteiger partial charge in [-0.15, -0.1) is 0 Å². The van der Waals surface area contributed by atoms with Gasteiger partial charge in [-0.1, -0.05) is 106 Å². The number of esters is 1. The molecule has 6 aliphatic heterocycles. The Bertz CT molecular complexity index is 3990. The number of aliphatic hydroxyl groups is 4. The fraction of sp³-hybridized carbons (Fsp3) is 0.598. The van der Waals surface area contributed by atoms with Gasteiger partial charge in [-0.3, -0.25) is 32.9 Å². The molecule has 0 radical (unpaired) electrons. The Balaban J connectivity index is 0.000000208. The number of amides is 3. The van der Waals surface area contributed by atoms with E-state index in [4.69, 9.17) is 27.7 Å². The molecule has 4 aromatic heterocycles. The number of carbonyl (C=O) groups is 5. The number of nitrogens with one attached hydrogen (secondary N) is 3. The van der Waals surface area contributed by atoms with E-state index in [0.29, 0.717) is 50.2 Å². The Morgan fingerprint density at radius 3 is 1.37 bits per heavy atom. The third-order valence-electron chi connectivity index (χ3n) is 23.5. The number of aromatic nitrogens is 8.